The first kappa shape index (κ1) is 19.7. The average Bonchev–Trinajstić information content (AvgIpc) is 2.61. The van der Waals surface area contributed by atoms with Crippen molar-refractivity contribution >= 4 is 5.96 Å². The van der Waals surface area contributed by atoms with Crippen LogP contribution in [0.5, 0.6) is 0 Å². The molecule has 0 spiro atoms. The van der Waals surface area contributed by atoms with Crippen molar-refractivity contribution in [1.29, 1.82) is 0 Å². The second-order valence-electron chi connectivity index (χ2n) is 7.40. The van der Waals surface area contributed by atoms with E-state index < -0.39 is 0 Å². The van der Waals surface area contributed by atoms with E-state index in [0.29, 0.717) is 0 Å². The van der Waals surface area contributed by atoms with Gasteiger partial charge in [-0.3, -0.25) is 9.89 Å². The summed E-state index contributed by atoms with van der Waals surface area (Å²) in [6.45, 7) is 14.0. The molecule has 1 aliphatic rings. The quantitative estimate of drug-likeness (QED) is 0.559. The van der Waals surface area contributed by atoms with Crippen molar-refractivity contribution in [2.75, 3.05) is 52.5 Å². The molecule has 0 saturated carbocycles. The lowest BCUT2D eigenvalue weighted by molar-refractivity contribution is 0.0389. The molecule has 1 saturated heterocycles. The Kier molecular flexibility index (Phi) is 8.22. The van der Waals surface area contributed by atoms with E-state index in [1.807, 2.05) is 0 Å². The number of guanidine groups is 1. The fourth-order valence-corrected chi connectivity index (χ4v) is 3.00. The number of nitrogens with one attached hydrogen (secondary N) is 2. The van der Waals surface area contributed by atoms with Crippen LogP contribution in [0.2, 0.25) is 0 Å². The van der Waals surface area contributed by atoms with Gasteiger partial charge in [0.05, 0.1) is 13.2 Å². The smallest absolute Gasteiger partial charge is 0.191 e. The normalized spacial score (nSPS) is 16.7. The lowest BCUT2D eigenvalue weighted by Gasteiger charge is -2.27. The topological polar surface area (TPSA) is 48.9 Å². The van der Waals surface area contributed by atoms with Crippen LogP contribution in [0.1, 0.15) is 26.3 Å². The summed E-state index contributed by atoms with van der Waals surface area (Å²) in [7, 11) is 0. The van der Waals surface area contributed by atoms with Gasteiger partial charge in [0.2, 0.25) is 0 Å². The van der Waals surface area contributed by atoms with Crippen LogP contribution in [0.15, 0.2) is 35.3 Å². The predicted octanol–water partition coefficient (Wildman–Crippen LogP) is 2.14. The van der Waals surface area contributed by atoms with Crippen LogP contribution in [0.3, 0.4) is 0 Å². The summed E-state index contributed by atoms with van der Waals surface area (Å²) in [5, 5.41) is 6.81. The zero-order valence-corrected chi connectivity index (χ0v) is 16.1. The number of morpholine rings is 1. The summed E-state index contributed by atoms with van der Waals surface area (Å²) in [6, 6.07) is 10.7. The molecule has 1 fully saturated rings. The third-order valence-corrected chi connectivity index (χ3v) is 4.36. The molecule has 25 heavy (non-hydrogen) atoms. The first-order chi connectivity index (χ1) is 12.1. The van der Waals surface area contributed by atoms with Gasteiger partial charge in [-0.25, -0.2) is 0 Å². The van der Waals surface area contributed by atoms with Gasteiger partial charge in [-0.15, -0.1) is 0 Å². The van der Waals surface area contributed by atoms with Gasteiger partial charge in [0, 0.05) is 39.3 Å². The van der Waals surface area contributed by atoms with Crippen LogP contribution >= 0.6 is 0 Å². The van der Waals surface area contributed by atoms with Gasteiger partial charge in [0.15, 0.2) is 5.96 Å². The molecule has 1 aromatic rings. The maximum atomic E-state index is 5.39. The highest BCUT2D eigenvalue weighted by Gasteiger charge is 2.18. The van der Waals surface area contributed by atoms with E-state index in [4.69, 9.17) is 9.73 Å². The predicted molar refractivity (Wildman–Crippen MR) is 105 cm³/mol. The Morgan fingerprint density at radius 3 is 2.56 bits per heavy atom. The average molecular weight is 347 g/mol. The van der Waals surface area contributed by atoms with Gasteiger partial charge in [0.25, 0.3) is 0 Å². The lowest BCUT2D eigenvalue weighted by atomic mass is 9.86. The van der Waals surface area contributed by atoms with Crippen molar-refractivity contribution in [1.82, 2.24) is 15.5 Å². The van der Waals surface area contributed by atoms with Crippen LogP contribution in [-0.2, 0) is 11.2 Å². The molecular weight excluding hydrogens is 312 g/mol. The minimum Gasteiger partial charge on any atom is -0.379 e. The number of nitrogens with zero attached hydrogens (tertiary/aromatic N) is 2. The molecule has 140 valence electrons. The molecule has 5 heteroatoms. The van der Waals surface area contributed by atoms with Crippen LogP contribution in [0, 0.1) is 5.41 Å². The third kappa shape index (κ3) is 7.88. The highest BCUT2D eigenvalue weighted by molar-refractivity contribution is 5.79. The number of hydrogen-bond acceptors (Lipinski definition) is 3. The van der Waals surface area contributed by atoms with Gasteiger partial charge in [-0.2, -0.15) is 0 Å². The van der Waals surface area contributed by atoms with Crippen LogP contribution in [0.25, 0.3) is 0 Å². The molecule has 2 rings (SSSR count). The van der Waals surface area contributed by atoms with E-state index >= 15 is 0 Å². The minimum atomic E-state index is 0.133. The molecule has 5 nitrogen and oxygen atoms in total. The fourth-order valence-electron chi connectivity index (χ4n) is 3.00. The van der Waals surface area contributed by atoms with Gasteiger partial charge in [-0.1, -0.05) is 44.2 Å². The van der Waals surface area contributed by atoms with Crippen molar-refractivity contribution in [2.24, 2.45) is 10.4 Å². The summed E-state index contributed by atoms with van der Waals surface area (Å²) in [4.78, 5) is 7.25. The van der Waals surface area contributed by atoms with Crippen LogP contribution in [-0.4, -0.2) is 63.3 Å². The molecular formula is C20H34N4O. The molecule has 0 amide bonds. The molecule has 0 aliphatic carbocycles. The maximum absolute atomic E-state index is 5.39. The van der Waals surface area contributed by atoms with Crippen LogP contribution < -0.4 is 10.6 Å². The van der Waals surface area contributed by atoms with E-state index in [1.165, 1.54) is 5.56 Å². The number of benzene rings is 1. The van der Waals surface area contributed by atoms with Gasteiger partial charge in [-0.05, 0) is 24.3 Å². The van der Waals surface area contributed by atoms with E-state index in [2.05, 4.69) is 66.6 Å². The molecule has 0 radical (unpaired) electrons. The largest absolute Gasteiger partial charge is 0.379 e. The van der Waals surface area contributed by atoms with Crippen molar-refractivity contribution in [2.45, 2.75) is 27.2 Å². The monoisotopic (exact) mass is 346 g/mol. The second kappa shape index (κ2) is 10.4. The number of hydrogen-bond donors (Lipinski definition) is 2. The summed E-state index contributed by atoms with van der Waals surface area (Å²) in [5.74, 6) is 0.914. The van der Waals surface area contributed by atoms with E-state index in [-0.39, 0.29) is 5.41 Å². The molecule has 2 N–H and O–H groups in total. The summed E-state index contributed by atoms with van der Waals surface area (Å²) < 4.78 is 5.39. The first-order valence-electron chi connectivity index (χ1n) is 9.45. The Balaban J connectivity index is 1.80. The summed E-state index contributed by atoms with van der Waals surface area (Å²) in [6.07, 6.45) is 1.03. The van der Waals surface area contributed by atoms with Crippen molar-refractivity contribution in [3.8, 4) is 0 Å². The van der Waals surface area contributed by atoms with Gasteiger partial charge in [0.1, 0.15) is 0 Å². The Morgan fingerprint density at radius 2 is 1.88 bits per heavy atom. The molecule has 1 aromatic carbocycles. The van der Waals surface area contributed by atoms with E-state index in [0.717, 1.165) is 64.9 Å². The zero-order valence-electron chi connectivity index (χ0n) is 16.1. The number of ether oxygens (including phenoxy) is 1. The van der Waals surface area contributed by atoms with Crippen LogP contribution in [0.4, 0.5) is 0 Å². The standard InChI is InChI=1S/C20H34N4O/c1-4-21-19(22-10-11-24-12-14-25-15-13-24)23-17-20(2,3)16-18-8-6-5-7-9-18/h5-9H,4,10-17H2,1-3H3,(H2,21,22,23). The highest BCUT2D eigenvalue weighted by Crippen LogP contribution is 2.22. The Bertz CT molecular complexity index is 510. The fraction of sp³-hybridized carbons (Fsp3) is 0.650. The van der Waals surface area contributed by atoms with Gasteiger partial charge >= 0.3 is 0 Å². The minimum absolute atomic E-state index is 0.133. The Labute approximate surface area is 152 Å². The summed E-state index contributed by atoms with van der Waals surface area (Å²) in [5.41, 5.74) is 1.50. The number of rotatable bonds is 8. The van der Waals surface area contributed by atoms with E-state index in [1.54, 1.807) is 0 Å². The molecule has 0 aromatic heterocycles. The molecule has 0 unspecified atom stereocenters. The second-order valence-corrected chi connectivity index (χ2v) is 7.40. The lowest BCUT2D eigenvalue weighted by Crippen LogP contribution is -2.44. The summed E-state index contributed by atoms with van der Waals surface area (Å²) >= 11 is 0. The Hall–Kier alpha value is -1.59. The third-order valence-electron chi connectivity index (χ3n) is 4.36. The molecule has 1 aliphatic heterocycles. The van der Waals surface area contributed by atoms with Crippen molar-refractivity contribution in [3.63, 3.8) is 0 Å². The highest BCUT2D eigenvalue weighted by atomic mass is 16.5. The maximum Gasteiger partial charge on any atom is 0.191 e. The molecule has 1 heterocycles. The van der Waals surface area contributed by atoms with Gasteiger partial charge < -0.3 is 15.4 Å². The van der Waals surface area contributed by atoms with E-state index in [9.17, 15) is 0 Å². The first-order valence-corrected chi connectivity index (χ1v) is 9.45. The Morgan fingerprint density at radius 1 is 1.16 bits per heavy atom. The van der Waals surface area contributed by atoms with Crippen molar-refractivity contribution in [3.05, 3.63) is 35.9 Å². The molecule has 0 bridgehead atoms. The molecule has 0 atom stereocenters. The van der Waals surface area contributed by atoms with Crippen molar-refractivity contribution < 1.29 is 4.74 Å². The SMILES string of the molecule is CCNC(=NCC(C)(C)Cc1ccccc1)NCCN1CCOCC1. The number of aliphatic imine (C=N–C) groups is 1. The zero-order chi connectivity index (χ0) is 18.0.